The van der Waals surface area contributed by atoms with Crippen molar-refractivity contribution in [3.63, 3.8) is 0 Å². The molecule has 0 nitrogen and oxygen atoms in total. The average Bonchev–Trinajstić information content (AvgIpc) is 2.40. The second kappa shape index (κ2) is 9.27. The molecule has 0 amide bonds. The molecule has 0 aromatic heterocycles. The van der Waals surface area contributed by atoms with Crippen molar-refractivity contribution in [3.05, 3.63) is 41.5 Å². The summed E-state index contributed by atoms with van der Waals surface area (Å²) < 4.78 is 0. The first-order valence-electron chi connectivity index (χ1n) is 7.03. The van der Waals surface area contributed by atoms with E-state index in [1.54, 1.807) is 0 Å². The van der Waals surface area contributed by atoms with Crippen LogP contribution in [-0.4, -0.2) is 12.0 Å². The first-order chi connectivity index (χ1) is 8.79. The second-order valence-electron chi connectivity index (χ2n) is 4.78. The Kier molecular flexibility index (Phi) is 7.91. The molecule has 0 fully saturated rings. The van der Waals surface area contributed by atoms with Gasteiger partial charge in [-0.15, -0.1) is 0 Å². The molecule has 1 aromatic carbocycles. The van der Waals surface area contributed by atoms with Gasteiger partial charge in [0.25, 0.3) is 0 Å². The molecule has 0 saturated heterocycles. The molecule has 0 radical (unpaired) electrons. The zero-order valence-corrected chi connectivity index (χ0v) is 12.9. The highest BCUT2D eigenvalue weighted by molar-refractivity contribution is 7.98. The molecule has 1 aromatic rings. The summed E-state index contributed by atoms with van der Waals surface area (Å²) in [6.45, 7) is 4.51. The first kappa shape index (κ1) is 15.4. The number of rotatable bonds is 8. The lowest BCUT2D eigenvalue weighted by atomic mass is 9.96. The fourth-order valence-electron chi connectivity index (χ4n) is 2.19. The number of unbranched alkanes of at least 4 members (excludes halogenated alkanes) is 2. The van der Waals surface area contributed by atoms with E-state index in [2.05, 4.69) is 50.4 Å². The lowest BCUT2D eigenvalue weighted by molar-refractivity contribution is 0.716. The monoisotopic (exact) mass is 262 g/mol. The van der Waals surface area contributed by atoms with Crippen molar-refractivity contribution in [2.45, 2.75) is 46.0 Å². The van der Waals surface area contributed by atoms with Crippen LogP contribution in [0.1, 0.15) is 50.7 Å². The third-order valence-corrected chi connectivity index (χ3v) is 3.91. The van der Waals surface area contributed by atoms with Gasteiger partial charge in [-0.3, -0.25) is 0 Å². The quantitative estimate of drug-likeness (QED) is 0.551. The predicted octanol–water partition coefficient (Wildman–Crippen LogP) is 5.58. The molecule has 0 aliphatic heterocycles. The van der Waals surface area contributed by atoms with Crippen LogP contribution in [0.25, 0.3) is 5.57 Å². The Morgan fingerprint density at radius 1 is 1.22 bits per heavy atom. The molecule has 0 N–H and O–H groups in total. The highest BCUT2D eigenvalue weighted by Gasteiger charge is 2.03. The highest BCUT2D eigenvalue weighted by atomic mass is 32.2. The summed E-state index contributed by atoms with van der Waals surface area (Å²) in [6.07, 6.45) is 10.9. The van der Waals surface area contributed by atoms with E-state index in [0.717, 1.165) is 0 Å². The number of allylic oxidation sites excluding steroid dienone is 2. The lowest BCUT2D eigenvalue weighted by Gasteiger charge is -2.10. The summed E-state index contributed by atoms with van der Waals surface area (Å²) in [7, 11) is 0. The number of hydrogen-bond donors (Lipinski definition) is 0. The molecule has 18 heavy (non-hydrogen) atoms. The van der Waals surface area contributed by atoms with Gasteiger partial charge in [-0.25, -0.2) is 0 Å². The molecule has 0 spiro atoms. The summed E-state index contributed by atoms with van der Waals surface area (Å²) in [4.78, 5) is 0. The molecule has 100 valence electrons. The van der Waals surface area contributed by atoms with Crippen LogP contribution in [0.15, 0.2) is 30.3 Å². The molecular weight excluding hydrogens is 236 g/mol. The number of hydrogen-bond acceptors (Lipinski definition) is 1. The normalized spacial score (nSPS) is 11.8. The van der Waals surface area contributed by atoms with Gasteiger partial charge in [0.05, 0.1) is 0 Å². The molecule has 0 heterocycles. The fourth-order valence-corrected chi connectivity index (χ4v) is 2.55. The lowest BCUT2D eigenvalue weighted by Crippen LogP contribution is -1.92. The largest absolute Gasteiger partial charge is 0.165 e. The standard InChI is InChI=1S/C17H26S/c1-4-5-6-11-16-12-7-8-13-17(16)15(2)10-9-14-18-3/h7-8,10,12-13H,4-6,9,11,14H2,1-3H3/b15-10+. The number of benzene rings is 1. The minimum atomic E-state index is 1.18. The third kappa shape index (κ3) is 5.30. The summed E-state index contributed by atoms with van der Waals surface area (Å²) in [5.41, 5.74) is 4.41. The Balaban J connectivity index is 2.71. The van der Waals surface area contributed by atoms with E-state index in [9.17, 15) is 0 Å². The SMILES string of the molecule is CCCCCc1ccccc1/C(C)=C/CCSC. The summed E-state index contributed by atoms with van der Waals surface area (Å²) in [5, 5.41) is 0. The van der Waals surface area contributed by atoms with Crippen molar-refractivity contribution in [2.75, 3.05) is 12.0 Å². The molecule has 1 heteroatoms. The minimum absolute atomic E-state index is 1.18. The molecule has 0 bridgehead atoms. The van der Waals surface area contributed by atoms with Gasteiger partial charge in [-0.2, -0.15) is 11.8 Å². The van der Waals surface area contributed by atoms with Crippen LogP contribution in [0.3, 0.4) is 0 Å². The Morgan fingerprint density at radius 2 is 2.00 bits per heavy atom. The van der Waals surface area contributed by atoms with E-state index in [-0.39, 0.29) is 0 Å². The van der Waals surface area contributed by atoms with Gasteiger partial charge >= 0.3 is 0 Å². The highest BCUT2D eigenvalue weighted by Crippen LogP contribution is 2.21. The van der Waals surface area contributed by atoms with Gasteiger partial charge in [0.1, 0.15) is 0 Å². The molecule has 0 atom stereocenters. The zero-order valence-electron chi connectivity index (χ0n) is 12.0. The maximum atomic E-state index is 2.38. The smallest absolute Gasteiger partial charge is 0.00355 e. The van der Waals surface area contributed by atoms with Crippen LogP contribution < -0.4 is 0 Å². The number of thioether (sulfide) groups is 1. The van der Waals surface area contributed by atoms with Crippen molar-refractivity contribution in [1.29, 1.82) is 0 Å². The molecular formula is C17H26S. The van der Waals surface area contributed by atoms with E-state index in [1.807, 2.05) is 11.8 Å². The van der Waals surface area contributed by atoms with Crippen molar-refractivity contribution in [2.24, 2.45) is 0 Å². The van der Waals surface area contributed by atoms with Crippen molar-refractivity contribution < 1.29 is 0 Å². The van der Waals surface area contributed by atoms with Gasteiger partial charge in [-0.05, 0) is 54.9 Å². The van der Waals surface area contributed by atoms with E-state index in [0.29, 0.717) is 0 Å². The van der Waals surface area contributed by atoms with E-state index < -0.39 is 0 Å². The van der Waals surface area contributed by atoms with E-state index in [4.69, 9.17) is 0 Å². The van der Waals surface area contributed by atoms with E-state index >= 15 is 0 Å². The Labute approximate surface area is 117 Å². The maximum Gasteiger partial charge on any atom is -0.00355 e. The Bertz CT molecular complexity index is 366. The maximum absolute atomic E-state index is 2.38. The Morgan fingerprint density at radius 3 is 2.72 bits per heavy atom. The van der Waals surface area contributed by atoms with Crippen LogP contribution in [-0.2, 0) is 6.42 Å². The molecule has 1 rings (SSSR count). The summed E-state index contributed by atoms with van der Waals surface area (Å²) >= 11 is 1.92. The van der Waals surface area contributed by atoms with Gasteiger partial charge in [0.2, 0.25) is 0 Å². The van der Waals surface area contributed by atoms with Gasteiger partial charge < -0.3 is 0 Å². The fraction of sp³-hybridized carbons (Fsp3) is 0.529. The van der Waals surface area contributed by atoms with Crippen molar-refractivity contribution >= 4 is 17.3 Å². The topological polar surface area (TPSA) is 0 Å². The molecule has 0 saturated carbocycles. The summed E-state index contributed by atoms with van der Waals surface area (Å²) in [6, 6.07) is 8.88. The van der Waals surface area contributed by atoms with Crippen molar-refractivity contribution in [3.8, 4) is 0 Å². The first-order valence-corrected chi connectivity index (χ1v) is 8.43. The molecule has 0 aliphatic carbocycles. The number of aryl methyl sites for hydroxylation is 1. The van der Waals surface area contributed by atoms with Crippen LogP contribution in [0, 0.1) is 0 Å². The Hall–Kier alpha value is -0.690. The second-order valence-corrected chi connectivity index (χ2v) is 5.77. The minimum Gasteiger partial charge on any atom is -0.165 e. The van der Waals surface area contributed by atoms with Gasteiger partial charge in [-0.1, -0.05) is 50.1 Å². The zero-order chi connectivity index (χ0) is 13.2. The predicted molar refractivity (Wildman–Crippen MR) is 86.3 cm³/mol. The van der Waals surface area contributed by atoms with Crippen LogP contribution in [0.4, 0.5) is 0 Å². The van der Waals surface area contributed by atoms with E-state index in [1.165, 1.54) is 54.6 Å². The van der Waals surface area contributed by atoms with Crippen LogP contribution >= 0.6 is 11.8 Å². The van der Waals surface area contributed by atoms with Gasteiger partial charge in [0, 0.05) is 0 Å². The molecule has 0 unspecified atom stereocenters. The van der Waals surface area contributed by atoms with Crippen LogP contribution in [0.5, 0.6) is 0 Å². The van der Waals surface area contributed by atoms with Gasteiger partial charge in [0.15, 0.2) is 0 Å². The third-order valence-electron chi connectivity index (χ3n) is 3.26. The molecule has 0 aliphatic rings. The summed E-state index contributed by atoms with van der Waals surface area (Å²) in [5.74, 6) is 1.22. The van der Waals surface area contributed by atoms with Crippen LogP contribution in [0.2, 0.25) is 0 Å². The average molecular weight is 262 g/mol. The van der Waals surface area contributed by atoms with Crippen molar-refractivity contribution in [1.82, 2.24) is 0 Å².